The molecule has 1 aliphatic rings. The molecule has 1 aliphatic heterocycles. The van der Waals surface area contributed by atoms with Crippen LogP contribution >= 0.6 is 11.8 Å². The summed E-state index contributed by atoms with van der Waals surface area (Å²) in [5, 5.41) is 0. The van der Waals surface area contributed by atoms with Crippen molar-refractivity contribution in [2.45, 2.75) is 56.3 Å². The molecule has 7 nitrogen and oxygen atoms in total. The summed E-state index contributed by atoms with van der Waals surface area (Å²) in [5.41, 5.74) is 0.510. The van der Waals surface area contributed by atoms with Crippen LogP contribution in [-0.2, 0) is 33.3 Å². The minimum Gasteiger partial charge on any atom is -0.463 e. The molecule has 0 N–H and O–H groups in total. The predicted octanol–water partition coefficient (Wildman–Crippen LogP) is 2.24. The minimum atomic E-state index is -0.862. The molecule has 4 atom stereocenters. The first-order valence-electron chi connectivity index (χ1n) is 8.13. The molecule has 142 valence electrons. The lowest BCUT2D eigenvalue weighted by Gasteiger charge is -2.23. The summed E-state index contributed by atoms with van der Waals surface area (Å²) >= 11 is 1.35. The number of esters is 3. The molecule has 0 aliphatic carbocycles. The van der Waals surface area contributed by atoms with Crippen molar-refractivity contribution in [3.05, 3.63) is 29.8 Å². The van der Waals surface area contributed by atoms with Gasteiger partial charge < -0.3 is 18.9 Å². The maximum atomic E-state index is 11.5. The first-order chi connectivity index (χ1) is 12.3. The lowest BCUT2D eigenvalue weighted by atomic mass is 10.1. The predicted molar refractivity (Wildman–Crippen MR) is 93.4 cm³/mol. The van der Waals surface area contributed by atoms with E-state index in [9.17, 15) is 14.4 Å². The highest BCUT2D eigenvalue weighted by molar-refractivity contribution is 7.99. The molecule has 8 heteroatoms. The third-order valence-corrected chi connectivity index (χ3v) is 4.75. The number of thioether (sulfide) groups is 1. The monoisotopic (exact) mass is 382 g/mol. The fourth-order valence-corrected chi connectivity index (χ4v) is 3.63. The van der Waals surface area contributed by atoms with E-state index in [-0.39, 0.29) is 6.61 Å². The summed E-state index contributed by atoms with van der Waals surface area (Å²) in [4.78, 5) is 35.0. The van der Waals surface area contributed by atoms with Gasteiger partial charge in [0.1, 0.15) is 18.1 Å². The number of hydrogen-bond donors (Lipinski definition) is 0. The van der Waals surface area contributed by atoms with Crippen molar-refractivity contribution in [2.24, 2.45) is 0 Å². The third kappa shape index (κ3) is 5.74. The number of hydrogen-bond acceptors (Lipinski definition) is 8. The second-order valence-electron chi connectivity index (χ2n) is 5.92. The van der Waals surface area contributed by atoms with E-state index in [0.29, 0.717) is 0 Å². The van der Waals surface area contributed by atoms with Gasteiger partial charge in [0, 0.05) is 25.7 Å². The molecule has 0 spiro atoms. The zero-order valence-corrected chi connectivity index (χ0v) is 15.9. The fraction of sp³-hybridized carbons (Fsp3) is 0.500. The smallest absolute Gasteiger partial charge is 0.303 e. The number of rotatable bonds is 6. The molecule has 2 rings (SSSR count). The largest absolute Gasteiger partial charge is 0.463 e. The summed E-state index contributed by atoms with van der Waals surface area (Å²) in [6.07, 6.45) is -2.41. The lowest BCUT2D eigenvalue weighted by molar-refractivity contribution is -0.165. The van der Waals surface area contributed by atoms with E-state index in [2.05, 4.69) is 0 Å². The van der Waals surface area contributed by atoms with Crippen LogP contribution in [0.1, 0.15) is 26.3 Å². The molecule has 0 bridgehead atoms. The Morgan fingerprint density at radius 2 is 1.54 bits per heavy atom. The van der Waals surface area contributed by atoms with Gasteiger partial charge in [0.05, 0.1) is 0 Å². The average Bonchev–Trinajstić information content (AvgIpc) is 2.84. The van der Waals surface area contributed by atoms with Crippen molar-refractivity contribution in [3.63, 3.8) is 0 Å². The van der Waals surface area contributed by atoms with E-state index in [1.54, 1.807) is 0 Å². The SMILES string of the molecule is CC(=O)OC[C@H]1O[C@@H](Sc2ccc(C)cc2)[C@H](OC(C)=O)[C@@H]1OC(C)=O. The molecule has 1 aromatic carbocycles. The highest BCUT2D eigenvalue weighted by atomic mass is 32.2. The van der Waals surface area contributed by atoms with Gasteiger partial charge in [0.15, 0.2) is 12.2 Å². The molecule has 26 heavy (non-hydrogen) atoms. The van der Waals surface area contributed by atoms with Crippen LogP contribution in [0, 0.1) is 6.92 Å². The zero-order chi connectivity index (χ0) is 19.3. The molecule has 0 amide bonds. The fourth-order valence-electron chi connectivity index (χ4n) is 2.52. The Hall–Kier alpha value is -2.06. The molecule has 1 fully saturated rings. The topological polar surface area (TPSA) is 88.1 Å². The Balaban J connectivity index is 2.22. The quantitative estimate of drug-likeness (QED) is 0.547. The molecule has 1 saturated heterocycles. The number of carbonyl (C=O) groups is 3. The van der Waals surface area contributed by atoms with Gasteiger partial charge >= 0.3 is 17.9 Å². The standard InChI is InChI=1S/C18H22O7S/c1-10-5-7-14(8-6-10)26-18-17(24-13(4)21)16(23-12(3)20)15(25-18)9-22-11(2)19/h5-8,15-18H,9H2,1-4H3/t15-,16-,17-,18+/m1/s1. The second-order valence-corrected chi connectivity index (χ2v) is 7.10. The van der Waals surface area contributed by atoms with Crippen LogP contribution in [-0.4, -0.2) is 48.3 Å². The molecule has 1 aromatic rings. The summed E-state index contributed by atoms with van der Waals surface area (Å²) in [5.74, 6) is -1.53. The van der Waals surface area contributed by atoms with Gasteiger partial charge in [-0.2, -0.15) is 0 Å². The van der Waals surface area contributed by atoms with Crippen LogP contribution in [0.15, 0.2) is 29.2 Å². The lowest BCUT2D eigenvalue weighted by Crippen LogP contribution is -2.40. The molecular weight excluding hydrogens is 360 g/mol. The number of benzene rings is 1. The number of ether oxygens (including phenoxy) is 4. The first kappa shape index (κ1) is 20.3. The van der Waals surface area contributed by atoms with Gasteiger partial charge in [0.25, 0.3) is 0 Å². The summed E-state index contributed by atoms with van der Waals surface area (Å²) < 4.78 is 21.6. The molecule has 0 saturated carbocycles. The Labute approximate surface area is 156 Å². The van der Waals surface area contributed by atoms with E-state index >= 15 is 0 Å². The Morgan fingerprint density at radius 1 is 0.962 bits per heavy atom. The first-order valence-corrected chi connectivity index (χ1v) is 9.01. The molecular formula is C18H22O7S. The van der Waals surface area contributed by atoms with Crippen molar-refractivity contribution in [1.82, 2.24) is 0 Å². The maximum Gasteiger partial charge on any atom is 0.303 e. The minimum absolute atomic E-state index is 0.101. The Bertz CT molecular complexity index is 658. The Morgan fingerprint density at radius 3 is 2.08 bits per heavy atom. The maximum absolute atomic E-state index is 11.5. The van der Waals surface area contributed by atoms with E-state index in [0.717, 1.165) is 10.5 Å². The number of aryl methyl sites for hydroxylation is 1. The van der Waals surface area contributed by atoms with Crippen molar-refractivity contribution in [2.75, 3.05) is 6.61 Å². The van der Waals surface area contributed by atoms with E-state index < -0.39 is 41.7 Å². The summed E-state index contributed by atoms with van der Waals surface area (Å²) in [6, 6.07) is 7.76. The van der Waals surface area contributed by atoms with Crippen LogP contribution in [0.5, 0.6) is 0 Å². The highest BCUT2D eigenvalue weighted by Gasteiger charge is 2.50. The van der Waals surface area contributed by atoms with Gasteiger partial charge in [-0.05, 0) is 19.1 Å². The van der Waals surface area contributed by atoms with Gasteiger partial charge in [0.2, 0.25) is 0 Å². The molecule has 0 unspecified atom stereocenters. The van der Waals surface area contributed by atoms with Crippen molar-refractivity contribution in [1.29, 1.82) is 0 Å². The van der Waals surface area contributed by atoms with Crippen LogP contribution in [0.3, 0.4) is 0 Å². The van der Waals surface area contributed by atoms with E-state index in [4.69, 9.17) is 18.9 Å². The summed E-state index contributed by atoms with van der Waals surface area (Å²) in [6.45, 7) is 5.69. The van der Waals surface area contributed by atoms with Gasteiger partial charge in [-0.3, -0.25) is 14.4 Å². The summed E-state index contributed by atoms with van der Waals surface area (Å²) in [7, 11) is 0. The van der Waals surface area contributed by atoms with Crippen LogP contribution < -0.4 is 0 Å². The van der Waals surface area contributed by atoms with E-state index in [1.807, 2.05) is 31.2 Å². The zero-order valence-electron chi connectivity index (χ0n) is 15.1. The molecule has 0 radical (unpaired) electrons. The van der Waals surface area contributed by atoms with Gasteiger partial charge in [-0.25, -0.2) is 0 Å². The van der Waals surface area contributed by atoms with Crippen molar-refractivity contribution >= 4 is 29.7 Å². The second kappa shape index (κ2) is 9.05. The van der Waals surface area contributed by atoms with Crippen LogP contribution in [0.2, 0.25) is 0 Å². The Kier molecular flexibility index (Phi) is 7.05. The van der Waals surface area contributed by atoms with Crippen LogP contribution in [0.4, 0.5) is 0 Å². The normalized spacial score (nSPS) is 24.8. The van der Waals surface area contributed by atoms with Crippen molar-refractivity contribution in [3.8, 4) is 0 Å². The third-order valence-electron chi connectivity index (χ3n) is 3.60. The average molecular weight is 382 g/mol. The highest BCUT2D eigenvalue weighted by Crippen LogP contribution is 2.37. The van der Waals surface area contributed by atoms with Gasteiger partial charge in [-0.1, -0.05) is 29.5 Å². The van der Waals surface area contributed by atoms with Crippen LogP contribution in [0.25, 0.3) is 0 Å². The molecule has 0 aromatic heterocycles. The van der Waals surface area contributed by atoms with Crippen molar-refractivity contribution < 1.29 is 33.3 Å². The van der Waals surface area contributed by atoms with E-state index in [1.165, 1.54) is 32.5 Å². The molecule has 1 heterocycles. The van der Waals surface area contributed by atoms with Gasteiger partial charge in [-0.15, -0.1) is 0 Å². The number of carbonyl (C=O) groups excluding carboxylic acids is 3.